The highest BCUT2D eigenvalue weighted by atomic mass is 35.5. The third-order valence-corrected chi connectivity index (χ3v) is 5.93. The molecule has 0 aromatic heterocycles. The topological polar surface area (TPSA) is 63.7 Å². The van der Waals surface area contributed by atoms with Crippen molar-refractivity contribution in [2.24, 2.45) is 0 Å². The van der Waals surface area contributed by atoms with Crippen molar-refractivity contribution in [3.63, 3.8) is 0 Å². The minimum absolute atomic E-state index is 0.188. The third kappa shape index (κ3) is 5.10. The maximum absolute atomic E-state index is 12.7. The van der Waals surface area contributed by atoms with Gasteiger partial charge in [0.15, 0.2) is 0 Å². The predicted molar refractivity (Wildman–Crippen MR) is 126 cm³/mol. The maximum atomic E-state index is 12.7. The van der Waals surface area contributed by atoms with Gasteiger partial charge in [-0.25, -0.2) is 4.79 Å². The molecule has 1 saturated heterocycles. The SMILES string of the molecule is Cc1cccc(C(=O)Oc2ccc(/C=C3\SC(=O)N(Cc4ccc(Cl)cc4)C3=O)cc2)c1. The summed E-state index contributed by atoms with van der Waals surface area (Å²) in [6.07, 6.45) is 1.65. The molecule has 0 spiro atoms. The van der Waals surface area contributed by atoms with Crippen molar-refractivity contribution in [2.45, 2.75) is 13.5 Å². The molecule has 0 atom stereocenters. The lowest BCUT2D eigenvalue weighted by molar-refractivity contribution is -0.123. The number of rotatable bonds is 5. The first-order valence-corrected chi connectivity index (χ1v) is 11.0. The van der Waals surface area contributed by atoms with Gasteiger partial charge in [0.05, 0.1) is 17.0 Å². The normalized spacial score (nSPS) is 14.8. The van der Waals surface area contributed by atoms with E-state index in [1.54, 1.807) is 72.8 Å². The van der Waals surface area contributed by atoms with Crippen LogP contribution >= 0.6 is 23.4 Å². The number of amides is 2. The summed E-state index contributed by atoms with van der Waals surface area (Å²) in [5.74, 6) is -0.390. The highest BCUT2D eigenvalue weighted by molar-refractivity contribution is 8.18. The molecular weight excluding hydrogens is 446 g/mol. The fourth-order valence-corrected chi connectivity index (χ4v) is 4.09. The predicted octanol–water partition coefficient (Wildman–Crippen LogP) is 6.10. The molecule has 5 nitrogen and oxygen atoms in total. The highest BCUT2D eigenvalue weighted by Gasteiger charge is 2.34. The van der Waals surface area contributed by atoms with Crippen molar-refractivity contribution in [2.75, 3.05) is 0 Å². The number of hydrogen-bond donors (Lipinski definition) is 0. The molecule has 4 rings (SSSR count). The average molecular weight is 464 g/mol. The van der Waals surface area contributed by atoms with Gasteiger partial charge >= 0.3 is 5.97 Å². The molecule has 0 bridgehead atoms. The lowest BCUT2D eigenvalue weighted by Crippen LogP contribution is -2.27. The van der Waals surface area contributed by atoms with Crippen LogP contribution in [-0.2, 0) is 11.3 Å². The van der Waals surface area contributed by atoms with E-state index < -0.39 is 5.97 Å². The number of benzene rings is 3. The zero-order valence-corrected chi connectivity index (χ0v) is 18.7. The molecule has 3 aromatic carbocycles. The molecule has 0 saturated carbocycles. The summed E-state index contributed by atoms with van der Waals surface area (Å²) >= 11 is 6.79. The molecule has 1 aliphatic rings. The molecule has 3 aromatic rings. The Morgan fingerprint density at radius 1 is 1.03 bits per heavy atom. The highest BCUT2D eigenvalue weighted by Crippen LogP contribution is 2.33. The number of hydrogen-bond acceptors (Lipinski definition) is 5. The van der Waals surface area contributed by atoms with E-state index in [9.17, 15) is 14.4 Å². The van der Waals surface area contributed by atoms with E-state index >= 15 is 0 Å². The summed E-state index contributed by atoms with van der Waals surface area (Å²) in [6, 6.07) is 20.9. The molecule has 7 heteroatoms. The quantitative estimate of drug-likeness (QED) is 0.260. The van der Waals surface area contributed by atoms with Gasteiger partial charge in [-0.1, -0.05) is 53.6 Å². The van der Waals surface area contributed by atoms with Crippen LogP contribution < -0.4 is 4.74 Å². The summed E-state index contributed by atoms with van der Waals surface area (Å²) in [7, 11) is 0. The fourth-order valence-electron chi connectivity index (χ4n) is 3.13. The Labute approximate surface area is 194 Å². The Hall–Kier alpha value is -3.35. The second-order valence-corrected chi connectivity index (χ2v) is 8.65. The third-order valence-electron chi connectivity index (χ3n) is 4.77. The zero-order valence-electron chi connectivity index (χ0n) is 17.1. The van der Waals surface area contributed by atoms with Gasteiger partial charge in [-0.2, -0.15) is 0 Å². The summed E-state index contributed by atoms with van der Waals surface area (Å²) in [5.41, 5.74) is 2.98. The molecule has 1 fully saturated rings. The zero-order chi connectivity index (χ0) is 22.7. The number of thioether (sulfide) groups is 1. The van der Waals surface area contributed by atoms with Crippen LogP contribution in [-0.4, -0.2) is 22.0 Å². The minimum atomic E-state index is -0.440. The van der Waals surface area contributed by atoms with Gasteiger partial charge in [-0.15, -0.1) is 0 Å². The fraction of sp³-hybridized carbons (Fsp3) is 0.0800. The van der Waals surface area contributed by atoms with Gasteiger partial charge in [0.25, 0.3) is 11.1 Å². The van der Waals surface area contributed by atoms with Gasteiger partial charge in [-0.3, -0.25) is 14.5 Å². The lowest BCUT2D eigenvalue weighted by atomic mass is 10.1. The van der Waals surface area contributed by atoms with Crippen LogP contribution in [0.1, 0.15) is 27.0 Å². The molecule has 0 N–H and O–H groups in total. The first-order chi connectivity index (χ1) is 15.4. The van der Waals surface area contributed by atoms with Crippen molar-refractivity contribution < 1.29 is 19.1 Å². The Balaban J connectivity index is 1.43. The first-order valence-electron chi connectivity index (χ1n) is 9.78. The van der Waals surface area contributed by atoms with Crippen LogP contribution in [0.25, 0.3) is 6.08 Å². The summed E-state index contributed by atoms with van der Waals surface area (Å²) < 4.78 is 5.41. The largest absolute Gasteiger partial charge is 0.423 e. The van der Waals surface area contributed by atoms with Crippen LogP contribution in [0.15, 0.2) is 77.7 Å². The standard InChI is InChI=1S/C25H18ClNO4S/c1-16-3-2-4-19(13-16)24(29)31-21-11-7-17(8-12-21)14-22-23(28)27(25(30)32-22)15-18-5-9-20(26)10-6-18/h2-14H,15H2,1H3/b22-14-. The van der Waals surface area contributed by atoms with Gasteiger partial charge in [-0.05, 0) is 72.3 Å². The van der Waals surface area contributed by atoms with E-state index in [0.29, 0.717) is 21.2 Å². The van der Waals surface area contributed by atoms with Gasteiger partial charge in [0.2, 0.25) is 0 Å². The van der Waals surface area contributed by atoms with Crippen molar-refractivity contribution in [1.29, 1.82) is 0 Å². The molecule has 0 aliphatic carbocycles. The van der Waals surface area contributed by atoms with Crippen molar-refractivity contribution >= 4 is 46.6 Å². The van der Waals surface area contributed by atoms with E-state index in [1.807, 2.05) is 13.0 Å². The van der Waals surface area contributed by atoms with E-state index in [2.05, 4.69) is 0 Å². The molecule has 160 valence electrons. The summed E-state index contributed by atoms with van der Waals surface area (Å²) in [5, 5.41) is 0.274. The second-order valence-electron chi connectivity index (χ2n) is 7.22. The monoisotopic (exact) mass is 463 g/mol. The van der Waals surface area contributed by atoms with E-state index in [1.165, 1.54) is 4.90 Å². The maximum Gasteiger partial charge on any atom is 0.343 e. The van der Waals surface area contributed by atoms with Gasteiger partial charge in [0.1, 0.15) is 5.75 Å². The van der Waals surface area contributed by atoms with Gasteiger partial charge < -0.3 is 4.74 Å². The molecule has 1 heterocycles. The number of imide groups is 1. The van der Waals surface area contributed by atoms with E-state index in [-0.39, 0.29) is 17.7 Å². The Morgan fingerprint density at radius 3 is 2.44 bits per heavy atom. The molecular formula is C25H18ClNO4S. The lowest BCUT2D eigenvalue weighted by Gasteiger charge is -2.12. The number of carbonyl (C=O) groups is 3. The van der Waals surface area contributed by atoms with Crippen LogP contribution in [0.5, 0.6) is 5.75 Å². The summed E-state index contributed by atoms with van der Waals surface area (Å²) in [4.78, 5) is 38.9. The van der Waals surface area contributed by atoms with Crippen molar-refractivity contribution in [1.82, 2.24) is 4.90 Å². The Morgan fingerprint density at radius 2 is 1.75 bits per heavy atom. The Kier molecular flexibility index (Phi) is 6.44. The van der Waals surface area contributed by atoms with Crippen LogP contribution in [0, 0.1) is 6.92 Å². The molecule has 2 amide bonds. The van der Waals surface area contributed by atoms with Crippen LogP contribution in [0.4, 0.5) is 4.79 Å². The van der Waals surface area contributed by atoms with E-state index in [0.717, 1.165) is 28.5 Å². The number of carbonyl (C=O) groups excluding carboxylic acids is 3. The number of ether oxygens (including phenoxy) is 1. The summed E-state index contributed by atoms with van der Waals surface area (Å²) in [6.45, 7) is 2.09. The first kappa shape index (κ1) is 21.9. The molecule has 0 unspecified atom stereocenters. The number of nitrogens with zero attached hydrogens (tertiary/aromatic N) is 1. The minimum Gasteiger partial charge on any atom is -0.423 e. The molecule has 32 heavy (non-hydrogen) atoms. The average Bonchev–Trinajstić information content (AvgIpc) is 3.04. The van der Waals surface area contributed by atoms with Crippen LogP contribution in [0.3, 0.4) is 0 Å². The molecule has 0 radical (unpaired) electrons. The molecule has 1 aliphatic heterocycles. The number of esters is 1. The number of aryl methyl sites for hydroxylation is 1. The second kappa shape index (κ2) is 9.42. The number of halogens is 1. The van der Waals surface area contributed by atoms with Crippen molar-refractivity contribution in [3.05, 3.63) is 105 Å². The van der Waals surface area contributed by atoms with Gasteiger partial charge in [0, 0.05) is 5.02 Å². The van der Waals surface area contributed by atoms with Crippen molar-refractivity contribution in [3.8, 4) is 5.75 Å². The van der Waals surface area contributed by atoms with E-state index in [4.69, 9.17) is 16.3 Å². The van der Waals surface area contributed by atoms with Crippen LogP contribution in [0.2, 0.25) is 5.02 Å². The Bertz CT molecular complexity index is 1220. The smallest absolute Gasteiger partial charge is 0.343 e.